The fraction of sp³-hybridized carbons (Fsp3) is 0.667. The highest BCUT2D eigenvalue weighted by molar-refractivity contribution is 6.32. The van der Waals surface area contributed by atoms with Crippen molar-refractivity contribution in [2.75, 3.05) is 7.11 Å². The zero-order valence-electron chi connectivity index (χ0n) is 6.22. The van der Waals surface area contributed by atoms with Gasteiger partial charge in [-0.3, -0.25) is 4.79 Å². The maximum Gasteiger partial charge on any atom is 0.374 e. The van der Waals surface area contributed by atoms with Crippen molar-refractivity contribution in [3.05, 3.63) is 0 Å². The van der Waals surface area contributed by atoms with Crippen molar-refractivity contribution in [3.8, 4) is 0 Å². The Kier molecular flexibility index (Phi) is 8.73. The standard InChI is InChI=1S/C4H6O3.C2H6/c1-3(5)4(6)7-2;1-2/h1-2H3;1-2H3. The molecule has 0 spiro atoms. The zero-order chi connectivity index (χ0) is 7.86. The molecule has 0 aromatic rings. The summed E-state index contributed by atoms with van der Waals surface area (Å²) in [6.45, 7) is 5.16. The van der Waals surface area contributed by atoms with E-state index in [1.165, 1.54) is 7.11 Å². The highest BCUT2D eigenvalue weighted by Crippen LogP contribution is 1.71. The van der Waals surface area contributed by atoms with Crippen molar-refractivity contribution < 1.29 is 14.3 Å². The third kappa shape index (κ3) is 7.14. The molecule has 0 bridgehead atoms. The number of hydrogen-bond donors (Lipinski definition) is 0. The fourth-order valence-electron chi connectivity index (χ4n) is 0.144. The normalized spacial score (nSPS) is 6.67. The molecule has 0 rings (SSSR count). The topological polar surface area (TPSA) is 43.4 Å². The molecular weight excluding hydrogens is 120 g/mol. The summed E-state index contributed by atoms with van der Waals surface area (Å²) in [5, 5.41) is 0. The Hall–Kier alpha value is -0.860. The quantitative estimate of drug-likeness (QED) is 0.391. The SMILES string of the molecule is CC.COC(=O)C(C)=O. The lowest BCUT2D eigenvalue weighted by molar-refractivity contribution is -0.150. The van der Waals surface area contributed by atoms with Gasteiger partial charge in [-0.15, -0.1) is 0 Å². The van der Waals surface area contributed by atoms with Crippen LogP contribution in [0, 0.1) is 0 Å². The summed E-state index contributed by atoms with van der Waals surface area (Å²) in [4.78, 5) is 19.8. The zero-order valence-corrected chi connectivity index (χ0v) is 6.22. The Bertz CT molecular complexity index is 96.5. The average molecular weight is 132 g/mol. The number of rotatable bonds is 1. The molecule has 0 aromatic heterocycles. The van der Waals surface area contributed by atoms with Crippen LogP contribution in [0.2, 0.25) is 0 Å². The molecule has 0 fully saturated rings. The van der Waals surface area contributed by atoms with Crippen molar-refractivity contribution >= 4 is 11.8 Å². The van der Waals surface area contributed by atoms with E-state index in [0.29, 0.717) is 0 Å². The number of ketones is 1. The van der Waals surface area contributed by atoms with Crippen molar-refractivity contribution in [1.29, 1.82) is 0 Å². The van der Waals surface area contributed by atoms with E-state index >= 15 is 0 Å². The second-order valence-corrected chi connectivity index (χ2v) is 1.05. The smallest absolute Gasteiger partial charge is 0.374 e. The van der Waals surface area contributed by atoms with E-state index in [0.717, 1.165) is 6.92 Å². The predicted molar refractivity (Wildman–Crippen MR) is 34.0 cm³/mol. The molecule has 0 aliphatic rings. The largest absolute Gasteiger partial charge is 0.463 e. The summed E-state index contributed by atoms with van der Waals surface area (Å²) in [6.07, 6.45) is 0. The molecule has 0 aromatic carbocycles. The molecule has 0 aliphatic carbocycles. The third-order valence-corrected chi connectivity index (χ3v) is 0.473. The van der Waals surface area contributed by atoms with Crippen LogP contribution in [0.5, 0.6) is 0 Å². The second-order valence-electron chi connectivity index (χ2n) is 1.05. The minimum absolute atomic E-state index is 0.567. The lowest BCUT2D eigenvalue weighted by Gasteiger charge is -1.86. The van der Waals surface area contributed by atoms with Crippen LogP contribution >= 0.6 is 0 Å². The second kappa shape index (κ2) is 7.14. The lowest BCUT2D eigenvalue weighted by Crippen LogP contribution is -2.10. The van der Waals surface area contributed by atoms with Crippen LogP contribution in [0.25, 0.3) is 0 Å². The van der Waals surface area contributed by atoms with Crippen LogP contribution in [0.15, 0.2) is 0 Å². The Morgan fingerprint density at radius 2 is 1.56 bits per heavy atom. The first-order valence-electron chi connectivity index (χ1n) is 2.77. The number of Topliss-reactive ketones (excluding diaryl/α,β-unsaturated/α-hetero) is 1. The number of hydrogen-bond acceptors (Lipinski definition) is 3. The maximum atomic E-state index is 9.94. The highest BCUT2D eigenvalue weighted by atomic mass is 16.5. The van der Waals surface area contributed by atoms with E-state index in [-0.39, 0.29) is 0 Å². The van der Waals surface area contributed by atoms with Gasteiger partial charge in [-0.05, 0) is 0 Å². The summed E-state index contributed by atoms with van der Waals surface area (Å²) in [6, 6.07) is 0. The Labute approximate surface area is 55.0 Å². The molecule has 0 radical (unpaired) electrons. The van der Waals surface area contributed by atoms with Crippen LogP contribution in [0.1, 0.15) is 20.8 Å². The van der Waals surface area contributed by atoms with Crippen LogP contribution in [-0.2, 0) is 14.3 Å². The van der Waals surface area contributed by atoms with Crippen LogP contribution < -0.4 is 0 Å². The Morgan fingerprint density at radius 3 is 1.56 bits per heavy atom. The number of methoxy groups -OCH3 is 1. The molecule has 0 atom stereocenters. The molecule has 0 saturated carbocycles. The molecule has 0 heterocycles. The molecule has 0 N–H and O–H groups in total. The minimum atomic E-state index is -0.792. The van der Waals surface area contributed by atoms with Gasteiger partial charge in [-0.25, -0.2) is 4.79 Å². The minimum Gasteiger partial charge on any atom is -0.463 e. The first-order valence-corrected chi connectivity index (χ1v) is 2.77. The Balaban J connectivity index is 0. The molecule has 0 saturated heterocycles. The van der Waals surface area contributed by atoms with Crippen LogP contribution in [0.4, 0.5) is 0 Å². The van der Waals surface area contributed by atoms with Gasteiger partial charge in [0.25, 0.3) is 0 Å². The van der Waals surface area contributed by atoms with Gasteiger partial charge in [-0.2, -0.15) is 0 Å². The van der Waals surface area contributed by atoms with Crippen molar-refractivity contribution in [2.45, 2.75) is 20.8 Å². The summed E-state index contributed by atoms with van der Waals surface area (Å²) in [5.41, 5.74) is 0. The first kappa shape index (κ1) is 11.0. The summed E-state index contributed by atoms with van der Waals surface area (Å²) in [5.74, 6) is -1.36. The monoisotopic (exact) mass is 132 g/mol. The van der Waals surface area contributed by atoms with E-state index in [1.807, 2.05) is 13.8 Å². The van der Waals surface area contributed by atoms with Gasteiger partial charge in [0, 0.05) is 6.92 Å². The summed E-state index contributed by atoms with van der Waals surface area (Å²) in [7, 11) is 1.17. The predicted octanol–water partition coefficient (Wildman–Crippen LogP) is 0.775. The lowest BCUT2D eigenvalue weighted by atomic mass is 10.5. The van der Waals surface area contributed by atoms with Gasteiger partial charge in [0.15, 0.2) is 0 Å². The Morgan fingerprint density at radius 1 is 1.22 bits per heavy atom. The van der Waals surface area contributed by atoms with Gasteiger partial charge in [0.1, 0.15) is 0 Å². The van der Waals surface area contributed by atoms with E-state index in [2.05, 4.69) is 4.74 Å². The van der Waals surface area contributed by atoms with E-state index in [4.69, 9.17) is 0 Å². The van der Waals surface area contributed by atoms with Gasteiger partial charge in [0.2, 0.25) is 5.78 Å². The maximum absolute atomic E-state index is 9.94. The first-order chi connectivity index (χ1) is 4.18. The van der Waals surface area contributed by atoms with Crippen molar-refractivity contribution in [2.24, 2.45) is 0 Å². The van der Waals surface area contributed by atoms with E-state index in [1.54, 1.807) is 0 Å². The molecule has 3 heteroatoms. The van der Waals surface area contributed by atoms with Gasteiger partial charge < -0.3 is 4.74 Å². The van der Waals surface area contributed by atoms with Gasteiger partial charge >= 0.3 is 5.97 Å². The number of esters is 1. The van der Waals surface area contributed by atoms with Crippen molar-refractivity contribution in [1.82, 2.24) is 0 Å². The molecular formula is C6H12O3. The van der Waals surface area contributed by atoms with E-state index < -0.39 is 11.8 Å². The van der Waals surface area contributed by atoms with Crippen LogP contribution in [-0.4, -0.2) is 18.9 Å². The van der Waals surface area contributed by atoms with Crippen molar-refractivity contribution in [3.63, 3.8) is 0 Å². The number of carbonyl (C=O) groups excluding carboxylic acids is 2. The van der Waals surface area contributed by atoms with Gasteiger partial charge in [0.05, 0.1) is 7.11 Å². The number of ether oxygens (including phenoxy) is 1. The summed E-state index contributed by atoms with van der Waals surface area (Å²) < 4.78 is 4.02. The molecule has 54 valence electrons. The van der Waals surface area contributed by atoms with E-state index in [9.17, 15) is 9.59 Å². The molecule has 9 heavy (non-hydrogen) atoms. The fourth-order valence-corrected chi connectivity index (χ4v) is 0.144. The highest BCUT2D eigenvalue weighted by Gasteiger charge is 2.03. The summed E-state index contributed by atoms with van der Waals surface area (Å²) >= 11 is 0. The number of carbonyl (C=O) groups is 2. The molecule has 0 aliphatic heterocycles. The molecule has 3 nitrogen and oxygen atoms in total. The average Bonchev–Trinajstić information content (AvgIpc) is 1.91. The van der Waals surface area contributed by atoms with Gasteiger partial charge in [-0.1, -0.05) is 13.8 Å². The molecule has 0 unspecified atom stereocenters. The third-order valence-electron chi connectivity index (χ3n) is 0.473. The van der Waals surface area contributed by atoms with Crippen LogP contribution in [0.3, 0.4) is 0 Å². The molecule has 0 amide bonds.